The molecule has 0 heterocycles. The largest absolute Gasteiger partial charge is 0.756 e. The van der Waals surface area contributed by atoms with Crippen molar-refractivity contribution in [2.24, 2.45) is 0 Å². The van der Waals surface area contributed by atoms with Gasteiger partial charge in [0.25, 0.3) is 7.82 Å². The molecule has 400 valence electrons. The number of rotatable bonds is 53. The van der Waals surface area contributed by atoms with E-state index in [1.807, 2.05) is 27.2 Å². The molecule has 0 aliphatic rings. The van der Waals surface area contributed by atoms with Gasteiger partial charge in [-0.1, -0.05) is 249 Å². The first kappa shape index (κ1) is 66.5. The maximum atomic E-state index is 13.0. The van der Waals surface area contributed by atoms with Gasteiger partial charge in [-0.15, -0.1) is 0 Å². The Hall–Kier alpha value is -1.54. The Morgan fingerprint density at radius 1 is 0.515 bits per heavy atom. The molecule has 0 radical (unpaired) electrons. The van der Waals surface area contributed by atoms with Gasteiger partial charge < -0.3 is 28.8 Å². The molecular weight excluding hydrogens is 864 g/mol. The fourth-order valence-electron chi connectivity index (χ4n) is 8.44. The summed E-state index contributed by atoms with van der Waals surface area (Å²) in [6, 6.07) is -0.906. The molecule has 0 aliphatic carbocycles. The Labute approximate surface area is 422 Å². The van der Waals surface area contributed by atoms with Crippen LogP contribution in [0, 0.1) is 0 Å². The number of aliphatic hydroxyl groups is 1. The molecule has 0 rings (SSSR count). The van der Waals surface area contributed by atoms with Gasteiger partial charge in [0.1, 0.15) is 13.2 Å². The van der Waals surface area contributed by atoms with E-state index in [1.165, 1.54) is 205 Å². The first-order valence-electron chi connectivity index (χ1n) is 29.0. The van der Waals surface area contributed by atoms with Crippen LogP contribution in [0.5, 0.6) is 0 Å². The van der Waals surface area contributed by atoms with Crippen LogP contribution in [-0.2, 0) is 18.4 Å². The number of carbonyl (C=O) groups excluding carboxylic acids is 1. The predicted octanol–water partition coefficient (Wildman–Crippen LogP) is 16.9. The summed E-state index contributed by atoms with van der Waals surface area (Å²) < 4.78 is 23.3. The zero-order valence-corrected chi connectivity index (χ0v) is 46.5. The second-order valence-electron chi connectivity index (χ2n) is 21.0. The molecule has 0 spiro atoms. The van der Waals surface area contributed by atoms with Crippen molar-refractivity contribution in [2.75, 3.05) is 40.9 Å². The zero-order chi connectivity index (χ0) is 49.9. The first-order valence-corrected chi connectivity index (χ1v) is 30.5. The number of aliphatic hydroxyl groups excluding tert-OH is 1. The van der Waals surface area contributed by atoms with Gasteiger partial charge in [0.2, 0.25) is 5.91 Å². The lowest BCUT2D eigenvalue weighted by atomic mass is 10.0. The highest BCUT2D eigenvalue weighted by Gasteiger charge is 2.23. The molecule has 0 aromatic rings. The minimum atomic E-state index is -4.61. The number of allylic oxidation sites excluding steroid dienone is 7. The number of unbranched alkanes of at least 4 members (excludes halogenated alkanes) is 34. The molecule has 68 heavy (non-hydrogen) atoms. The van der Waals surface area contributed by atoms with E-state index in [4.69, 9.17) is 9.05 Å². The summed E-state index contributed by atoms with van der Waals surface area (Å²) in [6.07, 6.45) is 66.2. The highest BCUT2D eigenvalue weighted by atomic mass is 31.2. The summed E-state index contributed by atoms with van der Waals surface area (Å²) in [6.45, 7) is 4.64. The molecule has 0 aromatic carbocycles. The van der Waals surface area contributed by atoms with Crippen LogP contribution in [0.15, 0.2) is 48.6 Å². The third-order valence-corrected chi connectivity index (χ3v) is 14.0. The quantitative estimate of drug-likeness (QED) is 0.0272. The fraction of sp³-hybridized carbons (Fsp3) is 0.847. The second-order valence-corrected chi connectivity index (χ2v) is 22.4. The smallest absolute Gasteiger partial charge is 0.268 e. The maximum Gasteiger partial charge on any atom is 0.268 e. The molecule has 0 saturated heterocycles. The van der Waals surface area contributed by atoms with Crippen molar-refractivity contribution >= 4 is 13.7 Å². The summed E-state index contributed by atoms with van der Waals surface area (Å²) in [5, 5.41) is 13.9. The van der Waals surface area contributed by atoms with Gasteiger partial charge in [-0.3, -0.25) is 9.36 Å². The van der Waals surface area contributed by atoms with Gasteiger partial charge in [0.05, 0.1) is 39.9 Å². The van der Waals surface area contributed by atoms with Crippen LogP contribution in [0.3, 0.4) is 0 Å². The van der Waals surface area contributed by atoms with Crippen molar-refractivity contribution in [3.8, 4) is 0 Å². The molecule has 8 nitrogen and oxygen atoms in total. The van der Waals surface area contributed by atoms with E-state index in [2.05, 4.69) is 55.6 Å². The number of amides is 1. The second kappa shape index (κ2) is 50.4. The van der Waals surface area contributed by atoms with Gasteiger partial charge in [0, 0.05) is 6.42 Å². The average molecular weight is 978 g/mol. The van der Waals surface area contributed by atoms with Crippen LogP contribution >= 0.6 is 7.82 Å². The van der Waals surface area contributed by atoms with Crippen LogP contribution < -0.4 is 10.2 Å². The lowest BCUT2D eigenvalue weighted by molar-refractivity contribution is -0.870. The molecule has 0 fully saturated rings. The summed E-state index contributed by atoms with van der Waals surface area (Å²) in [7, 11) is 1.25. The van der Waals surface area contributed by atoms with Gasteiger partial charge >= 0.3 is 0 Å². The van der Waals surface area contributed by atoms with Crippen LogP contribution in [0.4, 0.5) is 0 Å². The van der Waals surface area contributed by atoms with Crippen molar-refractivity contribution in [2.45, 2.75) is 283 Å². The summed E-state index contributed by atoms with van der Waals surface area (Å²) in [5.41, 5.74) is 0. The van der Waals surface area contributed by atoms with Crippen LogP contribution in [0.2, 0.25) is 0 Å². The molecule has 0 aliphatic heterocycles. The number of nitrogens with one attached hydrogen (secondary N) is 1. The van der Waals surface area contributed by atoms with E-state index in [9.17, 15) is 19.4 Å². The standard InChI is InChI=1S/C59H113N2O6P/c1-6-8-10-12-14-16-18-20-22-24-26-28-30-32-34-36-38-40-42-44-46-48-50-52-58(62)57(56-67-68(64,65)66-55-54-61(3,4)5)60-59(63)53-51-49-47-45-43-41-39-37-35-33-31-29-27-25-23-21-19-17-15-13-11-9-7-2/h19,21,25,27,42,44,50,52,57-58,62H,6-18,20,22-24,26,28-41,43,45-49,51,53-56H2,1-5H3,(H-,60,63,64,65)/b21-19-,27-25-,44-42+,52-50+. The highest BCUT2D eigenvalue weighted by Crippen LogP contribution is 2.38. The zero-order valence-electron chi connectivity index (χ0n) is 45.6. The fourth-order valence-corrected chi connectivity index (χ4v) is 9.16. The number of phosphoric ester groups is 1. The molecule has 0 bridgehead atoms. The molecule has 0 aromatic heterocycles. The minimum Gasteiger partial charge on any atom is -0.756 e. The SMILES string of the molecule is CCCCCCC/C=C\C/C=C\CCCCCCCCCCCCCC(=O)NC(COP(=O)([O-])OCC[N+](C)(C)C)C(O)/C=C/CC/C=C/CCCCCCCCCCCCCCCCCCC. The summed E-state index contributed by atoms with van der Waals surface area (Å²) >= 11 is 0. The molecule has 9 heteroatoms. The topological polar surface area (TPSA) is 108 Å². The van der Waals surface area contributed by atoms with Crippen molar-refractivity contribution < 1.29 is 32.9 Å². The van der Waals surface area contributed by atoms with Gasteiger partial charge in [0.15, 0.2) is 0 Å². The lowest BCUT2D eigenvalue weighted by Gasteiger charge is -2.29. The molecule has 0 saturated carbocycles. The minimum absolute atomic E-state index is 0.00717. The van der Waals surface area contributed by atoms with Crippen molar-refractivity contribution in [1.29, 1.82) is 0 Å². The van der Waals surface area contributed by atoms with Crippen molar-refractivity contribution in [3.63, 3.8) is 0 Å². The van der Waals surface area contributed by atoms with E-state index in [-0.39, 0.29) is 12.5 Å². The number of hydrogen-bond acceptors (Lipinski definition) is 6. The molecule has 3 atom stereocenters. The van der Waals surface area contributed by atoms with Crippen LogP contribution in [0.25, 0.3) is 0 Å². The average Bonchev–Trinajstić information content (AvgIpc) is 3.30. The first-order chi connectivity index (χ1) is 33.0. The highest BCUT2D eigenvalue weighted by molar-refractivity contribution is 7.45. The lowest BCUT2D eigenvalue weighted by Crippen LogP contribution is -2.45. The summed E-state index contributed by atoms with van der Waals surface area (Å²) in [5.74, 6) is -0.208. The summed E-state index contributed by atoms with van der Waals surface area (Å²) in [4.78, 5) is 25.5. The number of likely N-dealkylation sites (N-methyl/N-ethyl adjacent to an activating group) is 1. The van der Waals surface area contributed by atoms with Gasteiger partial charge in [-0.05, 0) is 64.2 Å². The Morgan fingerprint density at radius 2 is 0.868 bits per heavy atom. The van der Waals surface area contributed by atoms with E-state index in [0.29, 0.717) is 17.4 Å². The van der Waals surface area contributed by atoms with Crippen LogP contribution in [0.1, 0.15) is 271 Å². The Balaban J connectivity index is 4.26. The van der Waals surface area contributed by atoms with Gasteiger partial charge in [-0.25, -0.2) is 0 Å². The third kappa shape index (κ3) is 52.3. The molecule has 2 N–H and O–H groups in total. The van der Waals surface area contributed by atoms with E-state index in [0.717, 1.165) is 44.9 Å². The van der Waals surface area contributed by atoms with Crippen molar-refractivity contribution in [3.05, 3.63) is 48.6 Å². The van der Waals surface area contributed by atoms with E-state index < -0.39 is 26.6 Å². The van der Waals surface area contributed by atoms with Crippen LogP contribution in [-0.4, -0.2) is 68.5 Å². The molecular formula is C59H113N2O6P. The van der Waals surface area contributed by atoms with E-state index >= 15 is 0 Å². The van der Waals surface area contributed by atoms with Gasteiger partial charge in [-0.2, -0.15) is 0 Å². The maximum absolute atomic E-state index is 13.0. The molecule has 3 unspecified atom stereocenters. The number of phosphoric acid groups is 1. The number of quaternary nitrogens is 1. The number of nitrogens with zero attached hydrogens (tertiary/aromatic N) is 1. The monoisotopic (exact) mass is 977 g/mol. The number of carbonyl (C=O) groups is 1. The number of hydrogen-bond donors (Lipinski definition) is 2. The van der Waals surface area contributed by atoms with E-state index in [1.54, 1.807) is 6.08 Å². The Bertz CT molecular complexity index is 1250. The Kier molecular flexibility index (Phi) is 49.3. The Morgan fingerprint density at radius 3 is 1.28 bits per heavy atom. The normalized spacial score (nSPS) is 14.3. The molecule has 1 amide bonds. The third-order valence-electron chi connectivity index (χ3n) is 13.0. The van der Waals surface area contributed by atoms with Crippen molar-refractivity contribution in [1.82, 2.24) is 5.32 Å². The predicted molar refractivity (Wildman–Crippen MR) is 293 cm³/mol.